The highest BCUT2D eigenvalue weighted by atomic mass is 32.1. The van der Waals surface area contributed by atoms with Crippen molar-refractivity contribution in [3.05, 3.63) is 206 Å². The number of anilines is 6. The quantitative estimate of drug-likeness (QED) is 0.163. The summed E-state index contributed by atoms with van der Waals surface area (Å²) in [5.41, 5.74) is 10.8. The molecule has 0 saturated carbocycles. The van der Waals surface area contributed by atoms with Gasteiger partial charge in [0.15, 0.2) is 0 Å². The number of nitrogens with zero attached hydrogens (tertiary/aromatic N) is 2. The Kier molecular flexibility index (Phi) is 7.68. The normalized spacial score (nSPS) is 11.6. The average molecular weight is 735 g/mol. The van der Waals surface area contributed by atoms with Crippen LogP contribution in [0.3, 0.4) is 0 Å². The molecule has 264 valence electrons. The van der Waals surface area contributed by atoms with Gasteiger partial charge < -0.3 is 14.2 Å². The summed E-state index contributed by atoms with van der Waals surface area (Å²) < 4.78 is 8.93. The van der Waals surface area contributed by atoms with Crippen LogP contribution in [-0.2, 0) is 0 Å². The van der Waals surface area contributed by atoms with Gasteiger partial charge in [0.2, 0.25) is 0 Å². The molecular weight excluding hydrogens is 701 g/mol. The third-order valence-corrected chi connectivity index (χ3v) is 11.9. The number of thiophene rings is 1. The van der Waals surface area contributed by atoms with Gasteiger partial charge in [0.05, 0.1) is 5.69 Å². The molecule has 9 aromatic carbocycles. The van der Waals surface area contributed by atoms with E-state index in [1.165, 1.54) is 42.1 Å². The summed E-state index contributed by atoms with van der Waals surface area (Å²) >= 11 is 1.84. The van der Waals surface area contributed by atoms with Crippen molar-refractivity contribution in [3.8, 4) is 11.1 Å². The number of fused-ring (bicyclic) bond motifs is 7. The molecule has 56 heavy (non-hydrogen) atoms. The average Bonchev–Trinajstić information content (AvgIpc) is 3.83. The summed E-state index contributed by atoms with van der Waals surface area (Å²) in [5, 5.41) is 7.19. The van der Waals surface area contributed by atoms with E-state index in [4.69, 9.17) is 4.42 Å². The van der Waals surface area contributed by atoms with Crippen molar-refractivity contribution < 1.29 is 4.42 Å². The first-order valence-corrected chi connectivity index (χ1v) is 19.7. The lowest BCUT2D eigenvalue weighted by Gasteiger charge is -2.27. The smallest absolute Gasteiger partial charge is 0.137 e. The molecule has 0 bridgehead atoms. The molecular formula is C52H34N2OS. The Hall–Kier alpha value is -7.14. The first kappa shape index (κ1) is 32.3. The molecule has 2 heterocycles. The van der Waals surface area contributed by atoms with Crippen LogP contribution in [0.15, 0.2) is 211 Å². The number of furan rings is 1. The maximum atomic E-state index is 6.45. The SMILES string of the molecule is c1ccc(N(c2ccccc2)c2ccc3c(c2)sc2cccc(N(c4ccc(-c5ccc6ccccc6c5)cc4)c4ccc5c(c4)oc4ccccc45)c23)cc1. The fraction of sp³-hybridized carbons (Fsp3) is 0. The maximum absolute atomic E-state index is 6.45. The third kappa shape index (κ3) is 5.50. The minimum absolute atomic E-state index is 0.871. The van der Waals surface area contributed by atoms with Crippen LogP contribution in [-0.4, -0.2) is 0 Å². The molecule has 0 N–H and O–H groups in total. The second-order valence-electron chi connectivity index (χ2n) is 14.2. The number of benzene rings is 9. The van der Waals surface area contributed by atoms with Crippen LogP contribution in [0, 0.1) is 0 Å². The zero-order chi connectivity index (χ0) is 37.0. The van der Waals surface area contributed by atoms with Crippen LogP contribution in [0.5, 0.6) is 0 Å². The molecule has 3 nitrogen and oxygen atoms in total. The molecule has 11 aromatic rings. The number of hydrogen-bond donors (Lipinski definition) is 0. The van der Waals surface area contributed by atoms with E-state index in [-0.39, 0.29) is 0 Å². The van der Waals surface area contributed by atoms with Crippen molar-refractivity contribution in [2.24, 2.45) is 0 Å². The first-order chi connectivity index (χ1) is 27.7. The van der Waals surface area contributed by atoms with Crippen LogP contribution >= 0.6 is 11.3 Å². The Morgan fingerprint density at radius 3 is 1.73 bits per heavy atom. The van der Waals surface area contributed by atoms with Gasteiger partial charge in [-0.05, 0) is 107 Å². The second kappa shape index (κ2) is 13.3. The third-order valence-electron chi connectivity index (χ3n) is 10.8. The summed E-state index contributed by atoms with van der Waals surface area (Å²) in [7, 11) is 0. The van der Waals surface area contributed by atoms with Gasteiger partial charge in [0.1, 0.15) is 11.2 Å². The van der Waals surface area contributed by atoms with E-state index in [2.05, 4.69) is 204 Å². The van der Waals surface area contributed by atoms with Gasteiger partial charge in [-0.3, -0.25) is 0 Å². The Morgan fingerprint density at radius 1 is 0.339 bits per heavy atom. The molecule has 0 atom stereocenters. The highest BCUT2D eigenvalue weighted by Gasteiger charge is 2.21. The number of para-hydroxylation sites is 3. The van der Waals surface area contributed by atoms with Crippen LogP contribution in [0.2, 0.25) is 0 Å². The minimum Gasteiger partial charge on any atom is -0.456 e. The molecule has 11 rings (SSSR count). The van der Waals surface area contributed by atoms with Crippen molar-refractivity contribution in [1.29, 1.82) is 0 Å². The van der Waals surface area contributed by atoms with Crippen LogP contribution in [0.1, 0.15) is 0 Å². The van der Waals surface area contributed by atoms with Gasteiger partial charge in [-0.25, -0.2) is 0 Å². The largest absolute Gasteiger partial charge is 0.456 e. The summed E-state index contributed by atoms with van der Waals surface area (Å²) in [6.07, 6.45) is 0. The zero-order valence-electron chi connectivity index (χ0n) is 30.3. The summed E-state index contributed by atoms with van der Waals surface area (Å²) in [5.74, 6) is 0. The molecule has 2 aromatic heterocycles. The Balaban J connectivity index is 1.08. The van der Waals surface area contributed by atoms with E-state index >= 15 is 0 Å². The molecule has 0 fully saturated rings. The molecule has 0 amide bonds. The van der Waals surface area contributed by atoms with E-state index < -0.39 is 0 Å². The summed E-state index contributed by atoms with van der Waals surface area (Å²) in [6.45, 7) is 0. The van der Waals surface area contributed by atoms with Gasteiger partial charge in [-0.15, -0.1) is 11.3 Å². The monoisotopic (exact) mass is 734 g/mol. The molecule has 0 aliphatic heterocycles. The van der Waals surface area contributed by atoms with Gasteiger partial charge >= 0.3 is 0 Å². The van der Waals surface area contributed by atoms with E-state index in [1.54, 1.807) is 0 Å². The molecule has 0 saturated heterocycles. The molecule has 0 spiro atoms. The molecule has 4 heteroatoms. The predicted molar refractivity (Wildman–Crippen MR) is 239 cm³/mol. The molecule has 0 aliphatic rings. The predicted octanol–water partition coefficient (Wildman–Crippen LogP) is 15.7. The summed E-state index contributed by atoms with van der Waals surface area (Å²) in [4.78, 5) is 4.72. The lowest BCUT2D eigenvalue weighted by Crippen LogP contribution is -2.10. The van der Waals surface area contributed by atoms with E-state index in [1.807, 2.05) is 23.5 Å². The lowest BCUT2D eigenvalue weighted by molar-refractivity contribution is 0.669. The first-order valence-electron chi connectivity index (χ1n) is 18.9. The number of hydrogen-bond acceptors (Lipinski definition) is 4. The van der Waals surface area contributed by atoms with E-state index in [0.717, 1.165) is 56.1 Å². The topological polar surface area (TPSA) is 19.6 Å². The maximum Gasteiger partial charge on any atom is 0.137 e. The standard InChI is InChI=1S/C52H34N2OS/c1-3-14-39(15-4-1)53(40-16-5-2-6-17-40)43-29-31-46-51(34-43)56-50-21-11-19-47(52(46)50)54(42-28-30-45-44-18-9-10-20-48(44)55-49(45)33-42)41-26-24-36(25-27-41)38-23-22-35-12-7-8-13-37(35)32-38/h1-34H. The zero-order valence-corrected chi connectivity index (χ0v) is 31.2. The van der Waals surface area contributed by atoms with E-state index in [9.17, 15) is 0 Å². The van der Waals surface area contributed by atoms with Crippen molar-refractivity contribution in [2.45, 2.75) is 0 Å². The highest BCUT2D eigenvalue weighted by molar-refractivity contribution is 7.26. The van der Waals surface area contributed by atoms with Crippen LogP contribution < -0.4 is 9.80 Å². The Bertz CT molecular complexity index is 3160. The van der Waals surface area contributed by atoms with Gasteiger partial charge in [0.25, 0.3) is 0 Å². The second-order valence-corrected chi connectivity index (χ2v) is 15.2. The van der Waals surface area contributed by atoms with Gasteiger partial charge in [0, 0.05) is 65.4 Å². The van der Waals surface area contributed by atoms with Gasteiger partial charge in [-0.1, -0.05) is 115 Å². The van der Waals surface area contributed by atoms with Crippen molar-refractivity contribution >= 4 is 98.3 Å². The van der Waals surface area contributed by atoms with Crippen LogP contribution in [0.25, 0.3) is 64.0 Å². The van der Waals surface area contributed by atoms with Crippen molar-refractivity contribution in [1.82, 2.24) is 0 Å². The summed E-state index contributed by atoms with van der Waals surface area (Å²) in [6, 6.07) is 73.9. The van der Waals surface area contributed by atoms with Gasteiger partial charge in [-0.2, -0.15) is 0 Å². The highest BCUT2D eigenvalue weighted by Crippen LogP contribution is 2.47. The Labute approximate surface area is 328 Å². The number of rotatable bonds is 7. The molecule has 0 unspecified atom stereocenters. The lowest BCUT2D eigenvalue weighted by atomic mass is 10.0. The van der Waals surface area contributed by atoms with Crippen molar-refractivity contribution in [2.75, 3.05) is 9.80 Å². The van der Waals surface area contributed by atoms with E-state index in [0.29, 0.717) is 0 Å². The van der Waals surface area contributed by atoms with Crippen LogP contribution in [0.4, 0.5) is 34.1 Å². The minimum atomic E-state index is 0.871. The fourth-order valence-corrected chi connectivity index (χ4v) is 9.34. The van der Waals surface area contributed by atoms with Crippen molar-refractivity contribution in [3.63, 3.8) is 0 Å². The molecule has 0 radical (unpaired) electrons. The Morgan fingerprint density at radius 2 is 0.946 bits per heavy atom. The fourth-order valence-electron chi connectivity index (χ4n) is 8.18. The molecule has 0 aliphatic carbocycles.